The van der Waals surface area contributed by atoms with Crippen LogP contribution in [0.25, 0.3) is 0 Å². The van der Waals surface area contributed by atoms with Crippen LogP contribution in [0, 0.1) is 5.92 Å². The van der Waals surface area contributed by atoms with Gasteiger partial charge in [-0.3, -0.25) is 9.69 Å². The first-order valence-corrected chi connectivity index (χ1v) is 8.01. The Morgan fingerprint density at radius 1 is 1.36 bits per heavy atom. The van der Waals surface area contributed by atoms with Crippen molar-refractivity contribution < 1.29 is 14.3 Å². The van der Waals surface area contributed by atoms with Crippen LogP contribution in [-0.2, 0) is 9.53 Å². The Kier molecular flexibility index (Phi) is 4.95. The van der Waals surface area contributed by atoms with E-state index in [1.165, 1.54) is 6.42 Å². The van der Waals surface area contributed by atoms with Crippen molar-refractivity contribution in [1.82, 2.24) is 4.90 Å². The highest BCUT2D eigenvalue weighted by Gasteiger charge is 2.27. The number of ether oxygens (including phenoxy) is 2. The number of nitrogens with zero attached hydrogens (tertiary/aromatic N) is 2. The SMILES string of the molecule is COc1cccc(N2CCN(CC3CCCOC3)CC2=O)c1. The summed E-state index contributed by atoms with van der Waals surface area (Å²) in [5.41, 5.74) is 0.921. The molecule has 5 heteroatoms. The third-order valence-corrected chi connectivity index (χ3v) is 4.44. The third kappa shape index (κ3) is 3.59. The number of methoxy groups -OCH3 is 1. The summed E-state index contributed by atoms with van der Waals surface area (Å²) in [6, 6.07) is 7.70. The summed E-state index contributed by atoms with van der Waals surface area (Å²) in [4.78, 5) is 16.6. The number of anilines is 1. The van der Waals surface area contributed by atoms with Crippen LogP contribution in [0.2, 0.25) is 0 Å². The average Bonchev–Trinajstić information content (AvgIpc) is 2.56. The Bertz CT molecular complexity index is 514. The van der Waals surface area contributed by atoms with Crippen LogP contribution in [0.5, 0.6) is 5.75 Å². The zero-order valence-electron chi connectivity index (χ0n) is 13.2. The van der Waals surface area contributed by atoms with E-state index in [-0.39, 0.29) is 5.91 Å². The fraction of sp³-hybridized carbons (Fsp3) is 0.588. The maximum absolute atomic E-state index is 12.5. The minimum atomic E-state index is 0.163. The zero-order chi connectivity index (χ0) is 15.4. The largest absolute Gasteiger partial charge is 0.497 e. The van der Waals surface area contributed by atoms with Gasteiger partial charge in [-0.05, 0) is 30.9 Å². The van der Waals surface area contributed by atoms with Crippen LogP contribution in [0.15, 0.2) is 24.3 Å². The van der Waals surface area contributed by atoms with Crippen LogP contribution >= 0.6 is 0 Å². The molecule has 0 saturated carbocycles. The zero-order valence-corrected chi connectivity index (χ0v) is 13.2. The molecular weight excluding hydrogens is 280 g/mol. The summed E-state index contributed by atoms with van der Waals surface area (Å²) < 4.78 is 10.8. The number of piperazine rings is 1. The van der Waals surface area contributed by atoms with Crippen molar-refractivity contribution in [1.29, 1.82) is 0 Å². The molecule has 1 aromatic carbocycles. The van der Waals surface area contributed by atoms with E-state index in [1.54, 1.807) is 7.11 Å². The van der Waals surface area contributed by atoms with E-state index in [2.05, 4.69) is 4.90 Å². The van der Waals surface area contributed by atoms with Crippen molar-refractivity contribution in [3.8, 4) is 5.75 Å². The molecule has 120 valence electrons. The number of amides is 1. The first kappa shape index (κ1) is 15.3. The summed E-state index contributed by atoms with van der Waals surface area (Å²) in [7, 11) is 1.64. The summed E-state index contributed by atoms with van der Waals surface area (Å²) in [6.45, 7) is 4.84. The lowest BCUT2D eigenvalue weighted by Gasteiger charge is -2.36. The maximum Gasteiger partial charge on any atom is 0.241 e. The molecule has 1 unspecified atom stereocenters. The molecule has 3 rings (SSSR count). The van der Waals surface area contributed by atoms with Crippen LogP contribution in [-0.4, -0.2) is 57.3 Å². The van der Waals surface area contributed by atoms with Crippen molar-refractivity contribution in [2.75, 3.05) is 51.4 Å². The molecule has 22 heavy (non-hydrogen) atoms. The van der Waals surface area contributed by atoms with E-state index < -0.39 is 0 Å². The predicted molar refractivity (Wildman–Crippen MR) is 85.3 cm³/mol. The van der Waals surface area contributed by atoms with E-state index in [0.717, 1.165) is 50.7 Å². The van der Waals surface area contributed by atoms with Gasteiger partial charge in [-0.1, -0.05) is 6.07 Å². The van der Waals surface area contributed by atoms with Crippen molar-refractivity contribution in [2.45, 2.75) is 12.8 Å². The number of rotatable bonds is 4. The summed E-state index contributed by atoms with van der Waals surface area (Å²) in [6.07, 6.45) is 2.35. The molecular formula is C17H24N2O3. The van der Waals surface area contributed by atoms with Crippen LogP contribution < -0.4 is 9.64 Å². The molecule has 2 aliphatic heterocycles. The molecule has 2 saturated heterocycles. The summed E-state index contributed by atoms with van der Waals surface area (Å²) in [5.74, 6) is 1.52. The fourth-order valence-electron chi connectivity index (χ4n) is 3.25. The molecule has 1 amide bonds. The van der Waals surface area contributed by atoms with E-state index in [4.69, 9.17) is 9.47 Å². The van der Waals surface area contributed by atoms with Gasteiger partial charge in [0.15, 0.2) is 0 Å². The topological polar surface area (TPSA) is 42.0 Å². The van der Waals surface area contributed by atoms with E-state index in [1.807, 2.05) is 29.2 Å². The number of hydrogen-bond acceptors (Lipinski definition) is 4. The monoisotopic (exact) mass is 304 g/mol. The van der Waals surface area contributed by atoms with E-state index in [9.17, 15) is 4.79 Å². The highest BCUT2D eigenvalue weighted by atomic mass is 16.5. The van der Waals surface area contributed by atoms with Crippen molar-refractivity contribution >= 4 is 11.6 Å². The van der Waals surface area contributed by atoms with Gasteiger partial charge >= 0.3 is 0 Å². The average molecular weight is 304 g/mol. The Hall–Kier alpha value is -1.59. The summed E-state index contributed by atoms with van der Waals surface area (Å²) in [5, 5.41) is 0. The van der Waals surface area contributed by atoms with Crippen LogP contribution in [0.4, 0.5) is 5.69 Å². The molecule has 5 nitrogen and oxygen atoms in total. The molecule has 1 aromatic rings. The van der Waals surface area contributed by atoms with Gasteiger partial charge in [0.25, 0.3) is 0 Å². The molecule has 0 bridgehead atoms. The van der Waals surface area contributed by atoms with Crippen molar-refractivity contribution in [3.63, 3.8) is 0 Å². The Balaban J connectivity index is 1.58. The normalized spacial score (nSPS) is 23.6. The highest BCUT2D eigenvalue weighted by Crippen LogP contribution is 2.23. The first-order valence-electron chi connectivity index (χ1n) is 8.01. The maximum atomic E-state index is 12.5. The van der Waals surface area contributed by atoms with E-state index >= 15 is 0 Å². The summed E-state index contributed by atoms with van der Waals surface area (Å²) >= 11 is 0. The van der Waals surface area contributed by atoms with E-state index in [0.29, 0.717) is 12.5 Å². The molecule has 0 aromatic heterocycles. The second-order valence-corrected chi connectivity index (χ2v) is 6.07. The molecule has 0 N–H and O–H groups in total. The lowest BCUT2D eigenvalue weighted by atomic mass is 10.0. The van der Waals surface area contributed by atoms with Gasteiger partial charge in [-0.2, -0.15) is 0 Å². The standard InChI is InChI=1S/C17H24N2O3/c1-21-16-6-2-5-15(10-16)19-8-7-18(12-17(19)20)11-14-4-3-9-22-13-14/h2,5-6,10,14H,3-4,7-9,11-13H2,1H3. The van der Waals surface area contributed by atoms with Gasteiger partial charge in [0, 0.05) is 38.0 Å². The Morgan fingerprint density at radius 3 is 3.00 bits per heavy atom. The predicted octanol–water partition coefficient (Wildman–Crippen LogP) is 1.77. The van der Waals surface area contributed by atoms with Gasteiger partial charge in [-0.25, -0.2) is 0 Å². The molecule has 2 heterocycles. The van der Waals surface area contributed by atoms with Crippen molar-refractivity contribution in [3.05, 3.63) is 24.3 Å². The minimum absolute atomic E-state index is 0.163. The molecule has 0 spiro atoms. The minimum Gasteiger partial charge on any atom is -0.497 e. The van der Waals surface area contributed by atoms with Crippen molar-refractivity contribution in [2.24, 2.45) is 5.92 Å². The van der Waals surface area contributed by atoms with Gasteiger partial charge in [-0.15, -0.1) is 0 Å². The lowest BCUT2D eigenvalue weighted by Crippen LogP contribution is -2.52. The quantitative estimate of drug-likeness (QED) is 0.850. The lowest BCUT2D eigenvalue weighted by molar-refractivity contribution is -0.121. The third-order valence-electron chi connectivity index (χ3n) is 4.44. The Labute approximate surface area is 131 Å². The highest BCUT2D eigenvalue weighted by molar-refractivity contribution is 5.95. The first-order chi connectivity index (χ1) is 10.8. The number of hydrogen-bond donors (Lipinski definition) is 0. The number of benzene rings is 1. The van der Waals surface area contributed by atoms with Gasteiger partial charge in [0.2, 0.25) is 5.91 Å². The Morgan fingerprint density at radius 2 is 2.27 bits per heavy atom. The molecule has 0 radical (unpaired) electrons. The smallest absolute Gasteiger partial charge is 0.241 e. The van der Waals surface area contributed by atoms with Crippen LogP contribution in [0.1, 0.15) is 12.8 Å². The molecule has 2 aliphatic rings. The fourth-order valence-corrected chi connectivity index (χ4v) is 3.25. The number of carbonyl (C=O) groups is 1. The van der Waals surface area contributed by atoms with Gasteiger partial charge < -0.3 is 14.4 Å². The molecule has 1 atom stereocenters. The number of carbonyl (C=O) groups excluding carboxylic acids is 1. The molecule has 0 aliphatic carbocycles. The van der Waals surface area contributed by atoms with Gasteiger partial charge in [0.05, 0.1) is 20.3 Å². The second-order valence-electron chi connectivity index (χ2n) is 6.07. The van der Waals surface area contributed by atoms with Crippen LogP contribution in [0.3, 0.4) is 0 Å². The van der Waals surface area contributed by atoms with Gasteiger partial charge in [0.1, 0.15) is 5.75 Å². The molecule has 2 fully saturated rings. The second kappa shape index (κ2) is 7.11.